The highest BCUT2D eigenvalue weighted by molar-refractivity contribution is 5.92. The molecule has 4 rings (SSSR count). The van der Waals surface area contributed by atoms with Gasteiger partial charge in [0, 0.05) is 57.6 Å². The molecule has 180 valence electrons. The number of piperidine rings is 1. The Morgan fingerprint density at radius 3 is 2.50 bits per heavy atom. The molecule has 1 atom stereocenters. The summed E-state index contributed by atoms with van der Waals surface area (Å²) in [5.74, 6) is -0.738. The number of carbonyl (C=O) groups is 2. The summed E-state index contributed by atoms with van der Waals surface area (Å²) >= 11 is 0. The number of amides is 2. The van der Waals surface area contributed by atoms with E-state index in [1.54, 1.807) is 42.2 Å². The second-order valence-electron chi connectivity index (χ2n) is 8.88. The molecule has 2 amide bonds. The van der Waals surface area contributed by atoms with E-state index in [2.05, 4.69) is 10.4 Å². The zero-order chi connectivity index (χ0) is 24.7. The minimum Gasteiger partial charge on any atom is -0.370 e. The minimum absolute atomic E-state index is 0.136. The lowest BCUT2D eigenvalue weighted by Gasteiger charge is -2.42. The lowest BCUT2D eigenvalue weighted by Crippen LogP contribution is -2.49. The molecular formula is C23H25F3N6O2. The second kappa shape index (κ2) is 8.66. The average molecular weight is 474 g/mol. The van der Waals surface area contributed by atoms with Crippen LogP contribution in [-0.2, 0) is 18.0 Å². The van der Waals surface area contributed by atoms with Crippen LogP contribution in [0.4, 0.5) is 18.9 Å². The van der Waals surface area contributed by atoms with Crippen LogP contribution in [0.2, 0.25) is 0 Å². The summed E-state index contributed by atoms with van der Waals surface area (Å²) in [6.45, 7) is 1.53. The molecular weight excluding hydrogens is 449 g/mol. The third-order valence-corrected chi connectivity index (χ3v) is 7.09. The molecule has 1 unspecified atom stereocenters. The molecule has 0 aliphatic carbocycles. The maximum Gasteiger partial charge on any atom is 0.417 e. The third-order valence-electron chi connectivity index (χ3n) is 7.09. The van der Waals surface area contributed by atoms with Crippen molar-refractivity contribution in [3.63, 3.8) is 0 Å². The molecule has 8 nitrogen and oxygen atoms in total. The van der Waals surface area contributed by atoms with Crippen LogP contribution in [0.3, 0.4) is 0 Å². The van der Waals surface area contributed by atoms with Gasteiger partial charge >= 0.3 is 6.18 Å². The van der Waals surface area contributed by atoms with E-state index in [4.69, 9.17) is 5.26 Å². The number of hydrogen-bond acceptors (Lipinski definition) is 5. The quantitative estimate of drug-likeness (QED) is 0.738. The summed E-state index contributed by atoms with van der Waals surface area (Å²) in [5, 5.41) is 15.8. The molecule has 2 aromatic rings. The SMILES string of the molecule is CNC(=O)C1CN(c2ccc(C#N)c(C(F)(F)F)c2)CC12CCN(C(=O)c1ccnn1C)CC2. The molecule has 34 heavy (non-hydrogen) atoms. The van der Waals surface area contributed by atoms with Crippen LogP contribution in [0.5, 0.6) is 0 Å². The zero-order valence-corrected chi connectivity index (χ0v) is 18.9. The number of aromatic nitrogens is 2. The van der Waals surface area contributed by atoms with Gasteiger partial charge in [0.25, 0.3) is 5.91 Å². The smallest absolute Gasteiger partial charge is 0.370 e. The Hall–Kier alpha value is -3.55. The number of anilines is 1. The summed E-state index contributed by atoms with van der Waals surface area (Å²) < 4.78 is 42.0. The Kier molecular flexibility index (Phi) is 6.02. The first kappa shape index (κ1) is 23.6. The third kappa shape index (κ3) is 4.08. The van der Waals surface area contributed by atoms with Gasteiger partial charge in [-0.2, -0.15) is 23.5 Å². The number of nitrogens with one attached hydrogen (secondary N) is 1. The van der Waals surface area contributed by atoms with Gasteiger partial charge in [-0.3, -0.25) is 14.3 Å². The van der Waals surface area contributed by atoms with Crippen molar-refractivity contribution < 1.29 is 22.8 Å². The summed E-state index contributed by atoms with van der Waals surface area (Å²) in [6.07, 6.45) is -2.00. The van der Waals surface area contributed by atoms with Gasteiger partial charge in [-0.25, -0.2) is 0 Å². The van der Waals surface area contributed by atoms with Crippen molar-refractivity contribution in [2.75, 3.05) is 38.1 Å². The van der Waals surface area contributed by atoms with Crippen LogP contribution in [0.1, 0.15) is 34.5 Å². The van der Waals surface area contributed by atoms with Crippen molar-refractivity contribution in [2.24, 2.45) is 18.4 Å². The summed E-state index contributed by atoms with van der Waals surface area (Å²) in [6, 6.07) is 6.91. The topological polar surface area (TPSA) is 94.3 Å². The number of nitrogens with zero attached hydrogens (tertiary/aromatic N) is 5. The normalized spacial score (nSPS) is 19.8. The molecule has 0 radical (unpaired) electrons. The van der Waals surface area contributed by atoms with E-state index in [-0.39, 0.29) is 18.4 Å². The summed E-state index contributed by atoms with van der Waals surface area (Å²) in [5.41, 5.74) is -1.10. The van der Waals surface area contributed by atoms with E-state index < -0.39 is 28.6 Å². The first-order valence-electron chi connectivity index (χ1n) is 10.9. The fourth-order valence-corrected chi connectivity index (χ4v) is 5.17. The number of aryl methyl sites for hydroxylation is 1. The van der Waals surface area contributed by atoms with Gasteiger partial charge in [-0.1, -0.05) is 0 Å². The maximum absolute atomic E-state index is 13.5. The van der Waals surface area contributed by atoms with E-state index in [0.717, 1.165) is 6.07 Å². The zero-order valence-electron chi connectivity index (χ0n) is 18.9. The molecule has 2 aliphatic heterocycles. The highest BCUT2D eigenvalue weighted by atomic mass is 19.4. The van der Waals surface area contributed by atoms with Crippen LogP contribution in [0, 0.1) is 22.7 Å². The first-order chi connectivity index (χ1) is 16.1. The van der Waals surface area contributed by atoms with Gasteiger partial charge in [0.15, 0.2) is 0 Å². The number of carbonyl (C=O) groups excluding carboxylic acids is 2. The second-order valence-corrected chi connectivity index (χ2v) is 8.88. The molecule has 2 fully saturated rings. The van der Waals surface area contributed by atoms with Gasteiger partial charge in [0.2, 0.25) is 5.91 Å². The first-order valence-corrected chi connectivity index (χ1v) is 10.9. The molecule has 3 heterocycles. The number of alkyl halides is 3. The Labute approximate surface area is 194 Å². The van der Waals surface area contributed by atoms with E-state index in [0.29, 0.717) is 43.9 Å². The summed E-state index contributed by atoms with van der Waals surface area (Å²) in [7, 11) is 3.24. The van der Waals surface area contributed by atoms with Gasteiger partial charge in [0.1, 0.15) is 5.69 Å². The van der Waals surface area contributed by atoms with Crippen molar-refractivity contribution in [2.45, 2.75) is 19.0 Å². The van der Waals surface area contributed by atoms with E-state index >= 15 is 0 Å². The molecule has 0 bridgehead atoms. The largest absolute Gasteiger partial charge is 0.417 e. The van der Waals surface area contributed by atoms with E-state index in [1.165, 1.54) is 16.8 Å². The maximum atomic E-state index is 13.5. The van der Waals surface area contributed by atoms with Gasteiger partial charge in [0.05, 0.1) is 23.1 Å². The Morgan fingerprint density at radius 2 is 1.94 bits per heavy atom. The minimum atomic E-state index is -4.66. The highest BCUT2D eigenvalue weighted by Gasteiger charge is 2.51. The lowest BCUT2D eigenvalue weighted by molar-refractivity contribution is -0.137. The predicted octanol–water partition coefficient (Wildman–Crippen LogP) is 2.42. The lowest BCUT2D eigenvalue weighted by atomic mass is 9.70. The van der Waals surface area contributed by atoms with Crippen molar-refractivity contribution in [3.8, 4) is 6.07 Å². The molecule has 2 saturated heterocycles. The number of likely N-dealkylation sites (tertiary alicyclic amines) is 1. The van der Waals surface area contributed by atoms with Gasteiger partial charge in [-0.15, -0.1) is 0 Å². The Bertz CT molecular complexity index is 1140. The Morgan fingerprint density at radius 1 is 1.24 bits per heavy atom. The van der Waals surface area contributed by atoms with Gasteiger partial charge in [-0.05, 0) is 37.1 Å². The van der Waals surface area contributed by atoms with Crippen molar-refractivity contribution in [3.05, 3.63) is 47.3 Å². The molecule has 2 aliphatic rings. The molecule has 1 N–H and O–H groups in total. The predicted molar refractivity (Wildman–Crippen MR) is 117 cm³/mol. The number of halogens is 3. The standard InChI is InChI=1S/C23H25F3N6O2/c1-28-20(33)18-13-32(16-4-3-15(12-27)17(11-16)23(24,25)26)14-22(18)6-9-31(10-7-22)21(34)19-5-8-29-30(19)2/h3-5,8,11,18H,6-7,9-10,13-14H2,1-2H3,(H,28,33). The van der Waals surface area contributed by atoms with Gasteiger partial charge < -0.3 is 15.1 Å². The number of nitriles is 1. The van der Waals surface area contributed by atoms with E-state index in [1.807, 2.05) is 0 Å². The van der Waals surface area contributed by atoms with Crippen LogP contribution >= 0.6 is 0 Å². The van der Waals surface area contributed by atoms with Crippen LogP contribution in [0.15, 0.2) is 30.5 Å². The molecule has 1 spiro atoms. The number of benzene rings is 1. The molecule has 11 heteroatoms. The number of rotatable bonds is 3. The van der Waals surface area contributed by atoms with Crippen LogP contribution in [0.25, 0.3) is 0 Å². The monoisotopic (exact) mass is 474 g/mol. The molecule has 0 saturated carbocycles. The fourth-order valence-electron chi connectivity index (χ4n) is 5.17. The molecule has 1 aromatic heterocycles. The average Bonchev–Trinajstić information content (AvgIpc) is 3.41. The van der Waals surface area contributed by atoms with Crippen molar-refractivity contribution >= 4 is 17.5 Å². The summed E-state index contributed by atoms with van der Waals surface area (Å²) in [4.78, 5) is 29.2. The van der Waals surface area contributed by atoms with Crippen molar-refractivity contribution in [1.82, 2.24) is 20.0 Å². The number of hydrogen-bond donors (Lipinski definition) is 1. The van der Waals surface area contributed by atoms with Crippen LogP contribution < -0.4 is 10.2 Å². The van der Waals surface area contributed by atoms with E-state index in [9.17, 15) is 22.8 Å². The van der Waals surface area contributed by atoms with Crippen molar-refractivity contribution in [1.29, 1.82) is 5.26 Å². The Balaban J connectivity index is 1.58. The highest BCUT2D eigenvalue weighted by Crippen LogP contribution is 2.47. The molecule has 1 aromatic carbocycles. The fraction of sp³-hybridized carbons (Fsp3) is 0.478. The van der Waals surface area contributed by atoms with Crippen LogP contribution in [-0.4, -0.2) is 59.7 Å².